The Morgan fingerprint density at radius 1 is 1.62 bits per heavy atom. The standard InChI is InChI=1S/C10H16BrN5/c1-16(7-2-3-7)5-4-13-9-8(11)6-14-10(12)15-9/h6-7H,2-5H2,1H3,(H3,12,13,14,15). The molecular formula is C10H16BrN5. The fraction of sp³-hybridized carbons (Fsp3) is 0.600. The van der Waals surface area contributed by atoms with Crippen molar-refractivity contribution in [3.8, 4) is 0 Å². The minimum atomic E-state index is 0.293. The Hall–Kier alpha value is -0.880. The lowest BCUT2D eigenvalue weighted by molar-refractivity contribution is 0.337. The number of anilines is 2. The molecular weight excluding hydrogens is 270 g/mol. The van der Waals surface area contributed by atoms with E-state index in [0.29, 0.717) is 5.95 Å². The number of nitrogens with two attached hydrogens (primary N) is 1. The maximum atomic E-state index is 5.52. The molecule has 0 saturated heterocycles. The minimum Gasteiger partial charge on any atom is -0.368 e. The van der Waals surface area contributed by atoms with E-state index in [2.05, 4.69) is 43.2 Å². The molecule has 1 heterocycles. The van der Waals surface area contributed by atoms with Crippen molar-refractivity contribution >= 4 is 27.7 Å². The molecule has 0 unspecified atom stereocenters. The van der Waals surface area contributed by atoms with Crippen molar-refractivity contribution in [2.45, 2.75) is 18.9 Å². The SMILES string of the molecule is CN(CCNc1nc(N)ncc1Br)C1CC1. The van der Waals surface area contributed by atoms with E-state index in [0.717, 1.165) is 29.4 Å². The Balaban J connectivity index is 1.81. The Bertz CT molecular complexity index is 366. The van der Waals surface area contributed by atoms with Crippen LogP contribution in [0, 0.1) is 0 Å². The van der Waals surface area contributed by atoms with E-state index in [9.17, 15) is 0 Å². The molecule has 0 radical (unpaired) electrons. The van der Waals surface area contributed by atoms with Gasteiger partial charge in [0.2, 0.25) is 5.95 Å². The molecule has 5 nitrogen and oxygen atoms in total. The van der Waals surface area contributed by atoms with E-state index in [1.807, 2.05) is 0 Å². The number of hydrogen-bond donors (Lipinski definition) is 2. The second kappa shape index (κ2) is 4.97. The van der Waals surface area contributed by atoms with Gasteiger partial charge in [0.1, 0.15) is 5.82 Å². The van der Waals surface area contributed by atoms with Crippen molar-refractivity contribution in [1.82, 2.24) is 14.9 Å². The smallest absolute Gasteiger partial charge is 0.221 e. The molecule has 1 saturated carbocycles. The molecule has 1 fully saturated rings. The third-order valence-corrected chi connectivity index (χ3v) is 3.27. The van der Waals surface area contributed by atoms with Crippen molar-refractivity contribution in [2.75, 3.05) is 31.2 Å². The van der Waals surface area contributed by atoms with Crippen LogP contribution in [-0.4, -0.2) is 41.0 Å². The normalized spacial score (nSPS) is 15.4. The van der Waals surface area contributed by atoms with Crippen LogP contribution in [0.4, 0.5) is 11.8 Å². The van der Waals surface area contributed by atoms with Gasteiger partial charge in [-0.1, -0.05) is 0 Å². The Morgan fingerprint density at radius 3 is 3.06 bits per heavy atom. The van der Waals surface area contributed by atoms with Crippen molar-refractivity contribution in [3.63, 3.8) is 0 Å². The number of hydrogen-bond acceptors (Lipinski definition) is 5. The van der Waals surface area contributed by atoms with Crippen LogP contribution in [-0.2, 0) is 0 Å². The van der Waals surface area contributed by atoms with Gasteiger partial charge in [0, 0.05) is 25.3 Å². The summed E-state index contributed by atoms with van der Waals surface area (Å²) in [4.78, 5) is 10.4. The van der Waals surface area contributed by atoms with Gasteiger partial charge in [-0.2, -0.15) is 4.98 Å². The number of aromatic nitrogens is 2. The number of rotatable bonds is 5. The monoisotopic (exact) mass is 285 g/mol. The van der Waals surface area contributed by atoms with Crippen LogP contribution in [0.25, 0.3) is 0 Å². The molecule has 1 aromatic rings. The first kappa shape index (κ1) is 11.6. The molecule has 0 atom stereocenters. The molecule has 2 rings (SSSR count). The van der Waals surface area contributed by atoms with E-state index >= 15 is 0 Å². The van der Waals surface area contributed by atoms with Gasteiger partial charge in [-0.15, -0.1) is 0 Å². The zero-order valence-corrected chi connectivity index (χ0v) is 10.9. The molecule has 0 amide bonds. The first-order valence-electron chi connectivity index (χ1n) is 5.39. The molecule has 6 heteroatoms. The third-order valence-electron chi connectivity index (χ3n) is 2.69. The van der Waals surface area contributed by atoms with Crippen LogP contribution in [0.1, 0.15) is 12.8 Å². The zero-order valence-electron chi connectivity index (χ0n) is 9.28. The van der Waals surface area contributed by atoms with E-state index in [-0.39, 0.29) is 0 Å². The Kier molecular flexibility index (Phi) is 3.60. The maximum Gasteiger partial charge on any atom is 0.221 e. The van der Waals surface area contributed by atoms with Gasteiger partial charge in [0.25, 0.3) is 0 Å². The molecule has 0 bridgehead atoms. The van der Waals surface area contributed by atoms with E-state index in [1.54, 1.807) is 6.20 Å². The molecule has 1 aliphatic rings. The fourth-order valence-corrected chi connectivity index (χ4v) is 1.88. The summed E-state index contributed by atoms with van der Waals surface area (Å²) in [6.45, 7) is 1.88. The lowest BCUT2D eigenvalue weighted by Gasteiger charge is -2.16. The highest BCUT2D eigenvalue weighted by Gasteiger charge is 2.25. The van der Waals surface area contributed by atoms with Crippen LogP contribution < -0.4 is 11.1 Å². The summed E-state index contributed by atoms with van der Waals surface area (Å²) in [5, 5.41) is 3.25. The van der Waals surface area contributed by atoms with Gasteiger partial charge < -0.3 is 16.0 Å². The highest BCUT2D eigenvalue weighted by Crippen LogP contribution is 2.25. The summed E-state index contributed by atoms with van der Waals surface area (Å²) >= 11 is 3.38. The Labute approximate surface area is 104 Å². The molecule has 0 aromatic carbocycles. The number of halogens is 1. The second-order valence-corrected chi connectivity index (χ2v) is 4.92. The number of likely N-dealkylation sites (N-methyl/N-ethyl adjacent to an activating group) is 1. The van der Waals surface area contributed by atoms with Crippen molar-refractivity contribution in [2.24, 2.45) is 0 Å². The van der Waals surface area contributed by atoms with Gasteiger partial charge in [0.05, 0.1) is 4.47 Å². The topological polar surface area (TPSA) is 67.1 Å². The average molecular weight is 286 g/mol. The summed E-state index contributed by atoms with van der Waals surface area (Å²) in [7, 11) is 2.16. The van der Waals surface area contributed by atoms with E-state index in [4.69, 9.17) is 5.73 Å². The molecule has 1 aromatic heterocycles. The average Bonchev–Trinajstić information content (AvgIpc) is 3.06. The molecule has 0 spiro atoms. The van der Waals surface area contributed by atoms with Gasteiger partial charge in [-0.25, -0.2) is 4.98 Å². The zero-order chi connectivity index (χ0) is 11.5. The van der Waals surface area contributed by atoms with Crippen LogP contribution >= 0.6 is 15.9 Å². The van der Waals surface area contributed by atoms with E-state index < -0.39 is 0 Å². The van der Waals surface area contributed by atoms with Crippen molar-refractivity contribution < 1.29 is 0 Å². The highest BCUT2D eigenvalue weighted by molar-refractivity contribution is 9.10. The van der Waals surface area contributed by atoms with Crippen molar-refractivity contribution in [1.29, 1.82) is 0 Å². The molecule has 16 heavy (non-hydrogen) atoms. The number of nitrogens with one attached hydrogen (secondary N) is 1. The third kappa shape index (κ3) is 3.05. The van der Waals surface area contributed by atoms with Gasteiger partial charge in [-0.05, 0) is 35.8 Å². The quantitative estimate of drug-likeness (QED) is 0.854. The summed E-state index contributed by atoms with van der Waals surface area (Å²) in [6.07, 6.45) is 4.33. The van der Waals surface area contributed by atoms with Crippen molar-refractivity contribution in [3.05, 3.63) is 10.7 Å². The maximum absolute atomic E-state index is 5.52. The van der Waals surface area contributed by atoms with Crippen LogP contribution in [0.2, 0.25) is 0 Å². The Morgan fingerprint density at radius 2 is 2.38 bits per heavy atom. The van der Waals surface area contributed by atoms with Crippen LogP contribution in [0.15, 0.2) is 10.7 Å². The lowest BCUT2D eigenvalue weighted by atomic mass is 10.5. The molecule has 3 N–H and O–H groups in total. The predicted octanol–water partition coefficient (Wildman–Crippen LogP) is 1.33. The van der Waals surface area contributed by atoms with Crippen LogP contribution in [0.5, 0.6) is 0 Å². The molecule has 0 aliphatic heterocycles. The summed E-state index contributed by atoms with van der Waals surface area (Å²) in [6, 6.07) is 0.792. The summed E-state index contributed by atoms with van der Waals surface area (Å²) in [5.74, 6) is 1.05. The molecule has 88 valence electrons. The number of nitrogen functional groups attached to an aromatic ring is 1. The first-order valence-corrected chi connectivity index (χ1v) is 6.18. The fourth-order valence-electron chi connectivity index (χ4n) is 1.55. The van der Waals surface area contributed by atoms with Gasteiger partial charge >= 0.3 is 0 Å². The first-order chi connectivity index (χ1) is 7.66. The second-order valence-electron chi connectivity index (χ2n) is 4.06. The lowest BCUT2D eigenvalue weighted by Crippen LogP contribution is -2.27. The largest absolute Gasteiger partial charge is 0.368 e. The minimum absolute atomic E-state index is 0.293. The highest BCUT2D eigenvalue weighted by atomic mass is 79.9. The predicted molar refractivity (Wildman–Crippen MR) is 68.3 cm³/mol. The summed E-state index contributed by atoms with van der Waals surface area (Å²) in [5.41, 5.74) is 5.52. The van der Waals surface area contributed by atoms with Gasteiger partial charge in [0.15, 0.2) is 0 Å². The van der Waals surface area contributed by atoms with Crippen LogP contribution in [0.3, 0.4) is 0 Å². The molecule has 1 aliphatic carbocycles. The number of nitrogens with zero attached hydrogens (tertiary/aromatic N) is 3. The van der Waals surface area contributed by atoms with Gasteiger partial charge in [-0.3, -0.25) is 0 Å². The summed E-state index contributed by atoms with van der Waals surface area (Å²) < 4.78 is 0.843. The van der Waals surface area contributed by atoms with E-state index in [1.165, 1.54) is 12.8 Å².